The molecular formula is C22H23N4O5S+. The van der Waals surface area contributed by atoms with Gasteiger partial charge in [0.1, 0.15) is 0 Å². The number of rotatable bonds is 8. The number of aliphatic carboxylic acids is 1. The molecule has 9 nitrogen and oxygen atoms in total. The summed E-state index contributed by atoms with van der Waals surface area (Å²) in [6.07, 6.45) is 0.311. The first-order chi connectivity index (χ1) is 15.5. The summed E-state index contributed by atoms with van der Waals surface area (Å²) in [6, 6.07) is 12.7. The number of benzene rings is 2. The van der Waals surface area contributed by atoms with Crippen molar-refractivity contribution in [2.75, 3.05) is 24.8 Å². The molecule has 0 saturated carbocycles. The number of H-pyrrole nitrogens is 1. The lowest BCUT2D eigenvalue weighted by Gasteiger charge is -2.24. The molecular weight excluding hydrogens is 432 g/mol. The molecule has 2 aromatic carbocycles. The Hall–Kier alpha value is -3.53. The Morgan fingerprint density at radius 1 is 1.25 bits per heavy atom. The predicted molar refractivity (Wildman–Crippen MR) is 119 cm³/mol. The number of para-hydroxylation sites is 2. The van der Waals surface area contributed by atoms with Crippen molar-refractivity contribution in [3.8, 4) is 22.8 Å². The zero-order valence-electron chi connectivity index (χ0n) is 17.6. The Morgan fingerprint density at radius 2 is 2.06 bits per heavy atom. The molecule has 1 atom stereocenters. The molecule has 0 spiro atoms. The highest BCUT2D eigenvalue weighted by atomic mass is 32.2. The summed E-state index contributed by atoms with van der Waals surface area (Å²) < 4.78 is 12.7. The number of methoxy groups -OCH3 is 1. The van der Waals surface area contributed by atoms with Gasteiger partial charge in [0, 0.05) is 10.9 Å². The van der Waals surface area contributed by atoms with Crippen molar-refractivity contribution in [1.82, 2.24) is 10.1 Å². The van der Waals surface area contributed by atoms with Gasteiger partial charge in [-0.05, 0) is 35.4 Å². The predicted octanol–water partition coefficient (Wildman–Crippen LogP) is 2.67. The van der Waals surface area contributed by atoms with Crippen molar-refractivity contribution in [2.45, 2.75) is 24.7 Å². The minimum atomic E-state index is -1.11. The molecule has 1 aromatic heterocycles. The van der Waals surface area contributed by atoms with Gasteiger partial charge < -0.3 is 19.9 Å². The third-order valence-electron chi connectivity index (χ3n) is 4.89. The summed E-state index contributed by atoms with van der Waals surface area (Å²) in [5, 5.41) is 17.8. The smallest absolute Gasteiger partial charge is 0.341 e. The van der Waals surface area contributed by atoms with Crippen LogP contribution in [0.15, 0.2) is 52.4 Å². The summed E-state index contributed by atoms with van der Waals surface area (Å²) in [6.45, 7) is 1.52. The molecule has 0 amide bonds. The molecule has 32 heavy (non-hydrogen) atoms. The maximum atomic E-state index is 13.1. The van der Waals surface area contributed by atoms with Gasteiger partial charge in [0.15, 0.2) is 18.1 Å². The van der Waals surface area contributed by atoms with Gasteiger partial charge >= 0.3 is 17.2 Å². The van der Waals surface area contributed by atoms with Gasteiger partial charge in [-0.15, -0.1) is 0 Å². The second-order valence-corrected chi connectivity index (χ2v) is 8.14. The molecule has 2 heterocycles. The zero-order chi connectivity index (χ0) is 22.7. The number of carbonyl (C=O) groups is 1. The van der Waals surface area contributed by atoms with Crippen molar-refractivity contribution in [3.05, 3.63) is 58.4 Å². The van der Waals surface area contributed by atoms with Crippen LogP contribution in [0.5, 0.6) is 11.5 Å². The molecule has 3 N–H and O–H groups in total. The third kappa shape index (κ3) is 4.13. The second-order valence-electron chi connectivity index (χ2n) is 7.05. The van der Waals surface area contributed by atoms with Crippen LogP contribution >= 0.6 is 11.8 Å². The number of nitrogens with one attached hydrogen (secondary N) is 2. The minimum Gasteiger partial charge on any atom is -0.493 e. The molecule has 166 valence electrons. The highest BCUT2D eigenvalue weighted by molar-refractivity contribution is 7.99. The van der Waals surface area contributed by atoms with Crippen molar-refractivity contribution >= 4 is 23.4 Å². The summed E-state index contributed by atoms with van der Waals surface area (Å²) >= 11 is 1.46. The van der Waals surface area contributed by atoms with Crippen LogP contribution in [-0.2, 0) is 4.79 Å². The zero-order valence-corrected chi connectivity index (χ0v) is 18.4. The van der Waals surface area contributed by atoms with Gasteiger partial charge in [0.25, 0.3) is 6.17 Å². The van der Waals surface area contributed by atoms with E-state index in [4.69, 9.17) is 19.7 Å². The molecule has 0 aliphatic carbocycles. The Kier molecular flexibility index (Phi) is 6.31. The molecule has 0 fully saturated rings. The summed E-state index contributed by atoms with van der Waals surface area (Å²) in [5.74, 6) is 0.363. The lowest BCUT2D eigenvalue weighted by atomic mass is 10.0. The highest BCUT2D eigenvalue weighted by Gasteiger charge is 2.39. The van der Waals surface area contributed by atoms with E-state index >= 15 is 0 Å². The maximum absolute atomic E-state index is 13.1. The van der Waals surface area contributed by atoms with Crippen LogP contribution in [0.3, 0.4) is 0 Å². The number of ether oxygens (including phenoxy) is 2. The largest absolute Gasteiger partial charge is 0.493 e. The molecule has 0 radical (unpaired) electrons. The molecule has 0 unspecified atom stereocenters. The van der Waals surface area contributed by atoms with E-state index in [0.717, 1.165) is 23.4 Å². The number of thioether (sulfide) groups is 1. The van der Waals surface area contributed by atoms with Crippen molar-refractivity contribution in [3.63, 3.8) is 0 Å². The standard InChI is InChI=1S/C22H22N4O5S/c1-3-11-32-22-24-21(29)18-13-7-4-5-9-15(13)23-20(26(18)25-22)14-8-6-10-16(30-2)19(14)31-12-17(27)28/h4-10,20H,3,11-12H2,1-2H3,(H2,24,25,27,28,29)/p+1/t20-/m0/s1. The van der Waals surface area contributed by atoms with Gasteiger partial charge in [-0.1, -0.05) is 36.9 Å². The molecule has 1 aliphatic heterocycles. The van der Waals surface area contributed by atoms with Crippen LogP contribution in [-0.4, -0.2) is 40.6 Å². The second kappa shape index (κ2) is 9.31. The summed E-state index contributed by atoms with van der Waals surface area (Å²) in [7, 11) is 1.49. The number of hydrogen-bond donors (Lipinski definition) is 3. The van der Waals surface area contributed by atoms with Crippen LogP contribution in [0.2, 0.25) is 0 Å². The average molecular weight is 456 g/mol. The van der Waals surface area contributed by atoms with Crippen LogP contribution in [0.4, 0.5) is 5.69 Å². The van der Waals surface area contributed by atoms with E-state index in [2.05, 4.69) is 17.2 Å². The fourth-order valence-corrected chi connectivity index (χ4v) is 4.27. The maximum Gasteiger partial charge on any atom is 0.341 e. The van der Waals surface area contributed by atoms with Crippen LogP contribution in [0.25, 0.3) is 11.3 Å². The van der Waals surface area contributed by atoms with Crippen LogP contribution in [0.1, 0.15) is 25.1 Å². The first-order valence-electron chi connectivity index (χ1n) is 10.1. The van der Waals surface area contributed by atoms with Crippen molar-refractivity contribution in [2.24, 2.45) is 0 Å². The first kappa shape index (κ1) is 21.7. The number of carboxylic acid groups (broad SMARTS) is 1. The number of aromatic nitrogens is 3. The first-order valence-corrected chi connectivity index (χ1v) is 11.1. The van der Waals surface area contributed by atoms with Gasteiger partial charge in [-0.25, -0.2) is 4.79 Å². The number of hydrogen-bond acceptors (Lipinski definition) is 7. The van der Waals surface area contributed by atoms with E-state index < -0.39 is 18.7 Å². The van der Waals surface area contributed by atoms with Gasteiger partial charge in [0.2, 0.25) is 5.16 Å². The Labute approximate surface area is 188 Å². The Morgan fingerprint density at radius 3 is 2.81 bits per heavy atom. The number of nitrogens with zero attached hydrogens (tertiary/aromatic N) is 2. The van der Waals surface area contributed by atoms with E-state index in [1.807, 2.05) is 24.3 Å². The summed E-state index contributed by atoms with van der Waals surface area (Å²) in [5.41, 5.74) is 2.22. The fourth-order valence-electron chi connectivity index (χ4n) is 3.56. The van der Waals surface area contributed by atoms with Crippen LogP contribution < -0.4 is 25.0 Å². The number of anilines is 1. The van der Waals surface area contributed by atoms with Gasteiger partial charge in [-0.3, -0.25) is 9.78 Å². The molecule has 0 bridgehead atoms. The SMILES string of the molecule is CCCSc1n[n+]2c(c(=O)[nH]1)-c1ccccc1N[C@@H]2c1cccc(OC)c1OCC(=O)O. The van der Waals surface area contributed by atoms with Crippen molar-refractivity contribution in [1.29, 1.82) is 0 Å². The lowest BCUT2D eigenvalue weighted by molar-refractivity contribution is -0.759. The van der Waals surface area contributed by atoms with E-state index in [-0.39, 0.29) is 11.3 Å². The monoisotopic (exact) mass is 455 g/mol. The van der Waals surface area contributed by atoms with Crippen molar-refractivity contribution < 1.29 is 24.1 Å². The fraction of sp³-hybridized carbons (Fsp3) is 0.273. The summed E-state index contributed by atoms with van der Waals surface area (Å²) in [4.78, 5) is 27.2. The molecule has 10 heteroatoms. The molecule has 0 saturated heterocycles. The van der Waals surface area contributed by atoms with Gasteiger partial charge in [0.05, 0.1) is 23.9 Å². The van der Waals surface area contributed by atoms with Gasteiger partial charge in [-0.2, -0.15) is 0 Å². The normalized spacial score (nSPS) is 14.1. The molecule has 1 aliphatic rings. The number of fused-ring (bicyclic) bond motifs is 3. The minimum absolute atomic E-state index is 0.256. The van der Waals surface area contributed by atoms with E-state index in [1.165, 1.54) is 18.9 Å². The van der Waals surface area contributed by atoms with E-state index in [0.29, 0.717) is 22.2 Å². The number of carboxylic acids is 1. The van der Waals surface area contributed by atoms with E-state index in [9.17, 15) is 9.59 Å². The topological polar surface area (TPSA) is 117 Å². The molecule has 4 rings (SSSR count). The van der Waals surface area contributed by atoms with E-state index in [1.54, 1.807) is 22.9 Å². The molecule has 3 aromatic rings. The third-order valence-corrected chi connectivity index (χ3v) is 5.96. The highest BCUT2D eigenvalue weighted by Crippen LogP contribution is 2.38. The Balaban J connectivity index is 1.91. The van der Waals surface area contributed by atoms with Crippen LogP contribution in [0, 0.1) is 0 Å². The quantitative estimate of drug-likeness (QED) is 0.351. The number of aromatic amines is 1. The average Bonchev–Trinajstić information content (AvgIpc) is 2.80. The lowest BCUT2D eigenvalue weighted by Crippen LogP contribution is -2.55. The Bertz CT molecular complexity index is 1210.